The number of ether oxygens (including phenoxy) is 3. The van der Waals surface area contributed by atoms with Crippen LogP contribution in [0.3, 0.4) is 0 Å². The first-order valence-corrected chi connectivity index (χ1v) is 13.4. The molecule has 8 nitrogen and oxygen atoms in total. The number of amides is 1. The maximum absolute atomic E-state index is 13.4. The van der Waals surface area contributed by atoms with E-state index in [9.17, 15) is 14.7 Å². The van der Waals surface area contributed by atoms with Crippen LogP contribution in [0.2, 0.25) is 0 Å². The van der Waals surface area contributed by atoms with Crippen LogP contribution < -0.4 is 14.2 Å². The van der Waals surface area contributed by atoms with E-state index in [1.165, 1.54) is 0 Å². The highest BCUT2D eigenvalue weighted by atomic mass is 16.5. The number of carbonyl (C=O) groups excluding carboxylic acids is 2. The first kappa shape index (κ1) is 27.5. The van der Waals surface area contributed by atoms with Gasteiger partial charge in [-0.25, -0.2) is 0 Å². The molecule has 0 radical (unpaired) electrons. The Labute approximate surface area is 224 Å². The Bertz CT molecular complexity index is 1220. The van der Waals surface area contributed by atoms with Crippen molar-refractivity contribution in [1.82, 2.24) is 9.80 Å². The summed E-state index contributed by atoms with van der Waals surface area (Å²) in [6.45, 7) is 11.6. The molecule has 1 saturated heterocycles. The molecule has 0 aliphatic carbocycles. The predicted molar refractivity (Wildman–Crippen MR) is 146 cm³/mol. The Kier molecular flexibility index (Phi) is 8.62. The first-order valence-electron chi connectivity index (χ1n) is 13.4. The van der Waals surface area contributed by atoms with Gasteiger partial charge in [-0.2, -0.15) is 0 Å². The number of aliphatic hydroxyl groups excluding tert-OH is 1. The summed E-state index contributed by atoms with van der Waals surface area (Å²) in [6, 6.07) is 10.0. The number of rotatable bonds is 11. The molecule has 8 heteroatoms. The molecule has 4 rings (SSSR count). The Hall–Kier alpha value is -3.52. The van der Waals surface area contributed by atoms with Crippen LogP contribution in [0.5, 0.6) is 17.2 Å². The summed E-state index contributed by atoms with van der Waals surface area (Å²) < 4.78 is 17.0. The van der Waals surface area contributed by atoms with Gasteiger partial charge in [0, 0.05) is 18.5 Å². The zero-order valence-electron chi connectivity index (χ0n) is 23.0. The van der Waals surface area contributed by atoms with Gasteiger partial charge in [0.15, 0.2) is 11.5 Å². The van der Waals surface area contributed by atoms with Gasteiger partial charge in [0.25, 0.3) is 11.7 Å². The molecule has 0 aromatic heterocycles. The van der Waals surface area contributed by atoms with E-state index >= 15 is 0 Å². The molecule has 0 bridgehead atoms. The van der Waals surface area contributed by atoms with Gasteiger partial charge >= 0.3 is 0 Å². The van der Waals surface area contributed by atoms with E-state index < -0.39 is 17.7 Å². The fourth-order valence-electron chi connectivity index (χ4n) is 5.32. The Morgan fingerprint density at radius 3 is 2.55 bits per heavy atom. The molecule has 2 heterocycles. The number of Topliss-reactive ketones (excluding diaryl/α,β-unsaturated/α-hetero) is 1. The van der Waals surface area contributed by atoms with Gasteiger partial charge in [0.2, 0.25) is 0 Å². The molecule has 0 unspecified atom stereocenters. The quantitative estimate of drug-likeness (QED) is 0.263. The number of aliphatic hydroxyl groups is 1. The summed E-state index contributed by atoms with van der Waals surface area (Å²) >= 11 is 0. The molecule has 2 aliphatic rings. The molecule has 2 aromatic carbocycles. The third-order valence-electron chi connectivity index (χ3n) is 7.28. The number of carbonyl (C=O) groups is 2. The van der Waals surface area contributed by atoms with Crippen LogP contribution in [0.25, 0.3) is 5.76 Å². The normalized spacial score (nSPS) is 20.1. The number of likely N-dealkylation sites (tertiary alicyclic amines) is 1. The predicted octanol–water partition coefficient (Wildman–Crippen LogP) is 4.57. The average molecular weight is 523 g/mol. The van der Waals surface area contributed by atoms with Crippen molar-refractivity contribution in [2.45, 2.75) is 52.7 Å². The number of methoxy groups -OCH3 is 1. The second-order valence-electron chi connectivity index (χ2n) is 9.67. The maximum atomic E-state index is 13.4. The van der Waals surface area contributed by atoms with Crippen LogP contribution in [-0.4, -0.2) is 72.6 Å². The molecule has 0 saturated carbocycles. The minimum atomic E-state index is -0.750. The Morgan fingerprint density at radius 2 is 1.87 bits per heavy atom. The van der Waals surface area contributed by atoms with Crippen molar-refractivity contribution in [1.29, 1.82) is 0 Å². The van der Waals surface area contributed by atoms with E-state index in [1.54, 1.807) is 30.2 Å². The lowest BCUT2D eigenvalue weighted by molar-refractivity contribution is -0.140. The van der Waals surface area contributed by atoms with Crippen LogP contribution >= 0.6 is 0 Å². The van der Waals surface area contributed by atoms with Crippen LogP contribution in [0, 0.1) is 0 Å². The van der Waals surface area contributed by atoms with E-state index in [0.29, 0.717) is 42.2 Å². The highest BCUT2D eigenvalue weighted by Gasteiger charge is 2.46. The molecular formula is C30H38N2O6. The molecule has 2 aliphatic heterocycles. The first-order chi connectivity index (χ1) is 18.3. The van der Waals surface area contributed by atoms with Gasteiger partial charge in [-0.3, -0.25) is 9.59 Å². The standard InChI is InChI=1S/C30H38N2O6/c1-6-31(7-2)14-9-15-32-27(20-10-13-24(37-8-3)25(18-20)36-5)26(29(34)30(32)35)28(33)21-11-12-23-22(17-21)16-19(4)38-23/h10-13,17-19,27,33H,6-9,14-16H2,1-5H3/t19-,27-/m0/s1. The van der Waals surface area contributed by atoms with E-state index in [4.69, 9.17) is 14.2 Å². The third kappa shape index (κ3) is 5.36. The molecule has 2 atom stereocenters. The minimum absolute atomic E-state index is 0.0510. The molecule has 204 valence electrons. The lowest BCUT2D eigenvalue weighted by atomic mass is 9.94. The van der Waals surface area contributed by atoms with Gasteiger partial charge in [0.1, 0.15) is 17.6 Å². The lowest BCUT2D eigenvalue weighted by Gasteiger charge is -2.27. The molecule has 2 aromatic rings. The monoisotopic (exact) mass is 522 g/mol. The van der Waals surface area contributed by atoms with Gasteiger partial charge in [-0.15, -0.1) is 0 Å². The largest absolute Gasteiger partial charge is 0.507 e. The van der Waals surface area contributed by atoms with Crippen molar-refractivity contribution in [3.05, 3.63) is 58.7 Å². The number of nitrogens with zero attached hydrogens (tertiary/aromatic N) is 2. The highest BCUT2D eigenvalue weighted by molar-refractivity contribution is 6.46. The van der Waals surface area contributed by atoms with Gasteiger partial charge in [0.05, 0.1) is 25.3 Å². The number of fused-ring (bicyclic) bond motifs is 1. The average Bonchev–Trinajstić information content (AvgIpc) is 3.42. The van der Waals surface area contributed by atoms with Crippen molar-refractivity contribution in [2.24, 2.45) is 0 Å². The van der Waals surface area contributed by atoms with Crippen LogP contribution in [0.4, 0.5) is 0 Å². The SMILES string of the molecule is CCOc1ccc([C@H]2C(=C(O)c3ccc4c(c3)C[C@H](C)O4)C(=O)C(=O)N2CCCN(CC)CC)cc1OC. The highest BCUT2D eigenvalue weighted by Crippen LogP contribution is 2.42. The summed E-state index contributed by atoms with van der Waals surface area (Å²) in [5.41, 5.74) is 2.21. The molecule has 0 spiro atoms. The third-order valence-corrected chi connectivity index (χ3v) is 7.28. The van der Waals surface area contributed by atoms with Crippen molar-refractivity contribution < 1.29 is 28.9 Å². The van der Waals surface area contributed by atoms with Crippen LogP contribution in [-0.2, 0) is 16.0 Å². The fourth-order valence-corrected chi connectivity index (χ4v) is 5.32. The van der Waals surface area contributed by atoms with E-state index in [-0.39, 0.29) is 17.4 Å². The van der Waals surface area contributed by atoms with Crippen molar-refractivity contribution >= 4 is 17.4 Å². The summed E-state index contributed by atoms with van der Waals surface area (Å²) in [5, 5.41) is 11.5. The molecule has 1 fully saturated rings. The van der Waals surface area contributed by atoms with Gasteiger partial charge < -0.3 is 29.1 Å². The maximum Gasteiger partial charge on any atom is 0.295 e. The topological polar surface area (TPSA) is 88.5 Å². The van der Waals surface area contributed by atoms with Crippen molar-refractivity contribution in [3.8, 4) is 17.2 Å². The van der Waals surface area contributed by atoms with Gasteiger partial charge in [-0.1, -0.05) is 19.9 Å². The smallest absolute Gasteiger partial charge is 0.295 e. The van der Waals surface area contributed by atoms with E-state index in [0.717, 1.165) is 37.4 Å². The number of hydrogen-bond acceptors (Lipinski definition) is 7. The van der Waals surface area contributed by atoms with Crippen molar-refractivity contribution in [2.75, 3.05) is 39.9 Å². The Balaban J connectivity index is 1.78. The molecular weight excluding hydrogens is 484 g/mol. The summed E-state index contributed by atoms with van der Waals surface area (Å²) in [7, 11) is 1.55. The zero-order chi connectivity index (χ0) is 27.4. The number of hydrogen-bond donors (Lipinski definition) is 1. The number of ketones is 1. The molecule has 38 heavy (non-hydrogen) atoms. The van der Waals surface area contributed by atoms with E-state index in [2.05, 4.69) is 18.7 Å². The fraction of sp³-hybridized carbons (Fsp3) is 0.467. The number of benzene rings is 2. The van der Waals surface area contributed by atoms with Crippen LogP contribution in [0.15, 0.2) is 42.0 Å². The van der Waals surface area contributed by atoms with Crippen molar-refractivity contribution in [3.63, 3.8) is 0 Å². The summed E-state index contributed by atoms with van der Waals surface area (Å²) in [4.78, 5) is 30.6. The van der Waals surface area contributed by atoms with Gasteiger partial charge in [-0.05, 0) is 81.4 Å². The minimum Gasteiger partial charge on any atom is -0.507 e. The zero-order valence-corrected chi connectivity index (χ0v) is 23.0. The second kappa shape index (κ2) is 11.9. The lowest BCUT2D eigenvalue weighted by Crippen LogP contribution is -2.33. The van der Waals surface area contributed by atoms with E-state index in [1.807, 2.05) is 32.0 Å². The molecule has 1 N–H and O–H groups in total. The van der Waals surface area contributed by atoms with Crippen LogP contribution in [0.1, 0.15) is 56.8 Å². The molecule has 1 amide bonds. The summed E-state index contributed by atoms with van der Waals surface area (Å²) in [6.07, 6.45) is 1.47. The second-order valence-corrected chi connectivity index (χ2v) is 9.67. The summed E-state index contributed by atoms with van der Waals surface area (Å²) in [5.74, 6) is 0.371. The Morgan fingerprint density at radius 1 is 1.11 bits per heavy atom.